The van der Waals surface area contributed by atoms with Crippen LogP contribution in [0.1, 0.15) is 46.8 Å². The normalized spacial score (nSPS) is 14.4. The molecule has 3 aromatic rings. The van der Waals surface area contributed by atoms with Crippen LogP contribution in [0.15, 0.2) is 78.9 Å². The van der Waals surface area contributed by atoms with Crippen LogP contribution in [0.4, 0.5) is 10.1 Å². The van der Waals surface area contributed by atoms with E-state index in [0.29, 0.717) is 18.7 Å². The number of nitrogens with zero attached hydrogens (tertiary/aromatic N) is 1. The number of carbonyl (C=O) groups is 3. The number of anilines is 1. The van der Waals surface area contributed by atoms with E-state index in [1.807, 2.05) is 36.4 Å². The maximum Gasteiger partial charge on any atom is 0.255 e. The number of nitrogens with one attached hydrogen (secondary N) is 2. The van der Waals surface area contributed by atoms with Gasteiger partial charge in [-0.1, -0.05) is 48.5 Å². The zero-order valence-electron chi connectivity index (χ0n) is 18.7. The Morgan fingerprint density at radius 3 is 2.50 bits per heavy atom. The molecule has 0 spiro atoms. The molecule has 0 radical (unpaired) electrons. The van der Waals surface area contributed by atoms with E-state index in [4.69, 9.17) is 0 Å². The van der Waals surface area contributed by atoms with Gasteiger partial charge in [0.15, 0.2) is 0 Å². The maximum atomic E-state index is 13.4. The minimum atomic E-state index is -0.690. The Morgan fingerprint density at radius 1 is 0.941 bits per heavy atom. The number of carbonyl (C=O) groups excluding carboxylic acids is 3. The second kappa shape index (κ2) is 10.7. The predicted octanol–water partition coefficient (Wildman–Crippen LogP) is 4.45. The van der Waals surface area contributed by atoms with Gasteiger partial charge in [0, 0.05) is 30.8 Å². The van der Waals surface area contributed by atoms with Gasteiger partial charge in [-0.15, -0.1) is 0 Å². The lowest BCUT2D eigenvalue weighted by Crippen LogP contribution is -2.45. The van der Waals surface area contributed by atoms with Crippen LogP contribution in [0.2, 0.25) is 0 Å². The zero-order valence-corrected chi connectivity index (χ0v) is 18.7. The molecule has 3 aromatic carbocycles. The van der Waals surface area contributed by atoms with E-state index in [-0.39, 0.29) is 23.9 Å². The molecule has 0 bridgehead atoms. The van der Waals surface area contributed by atoms with E-state index in [9.17, 15) is 18.8 Å². The van der Waals surface area contributed by atoms with Gasteiger partial charge in [-0.25, -0.2) is 4.39 Å². The van der Waals surface area contributed by atoms with Crippen molar-refractivity contribution in [2.75, 3.05) is 11.9 Å². The molecule has 0 saturated carbocycles. The Labute approximate surface area is 197 Å². The van der Waals surface area contributed by atoms with E-state index in [1.54, 1.807) is 23.1 Å². The summed E-state index contributed by atoms with van der Waals surface area (Å²) in [5.74, 6) is -1.18. The van der Waals surface area contributed by atoms with Crippen LogP contribution in [-0.4, -0.2) is 29.2 Å². The minimum absolute atomic E-state index is 0.0164. The fraction of sp³-hybridized carbons (Fsp3) is 0.222. The standard InChI is InChI=1S/C27H26FN3O3/c28-22-12-7-11-21(17-22)26(33)30-23-13-6-8-19(16-23)18-29-27(34)25(20-9-2-1-3-10-20)31-15-5-4-14-24(31)32/h1-3,6-13,16-17,25H,4-5,14-15,18H2,(H,29,34)(H,30,33). The van der Waals surface area contributed by atoms with Crippen molar-refractivity contribution in [3.8, 4) is 0 Å². The molecule has 1 atom stereocenters. The van der Waals surface area contributed by atoms with Gasteiger partial charge in [-0.2, -0.15) is 0 Å². The number of amides is 3. The van der Waals surface area contributed by atoms with Crippen molar-refractivity contribution >= 4 is 23.4 Å². The molecule has 174 valence electrons. The van der Waals surface area contributed by atoms with Gasteiger partial charge in [0.05, 0.1) is 0 Å². The molecule has 4 rings (SSSR count). The van der Waals surface area contributed by atoms with Crippen LogP contribution in [0.5, 0.6) is 0 Å². The average molecular weight is 460 g/mol. The van der Waals surface area contributed by atoms with Crippen LogP contribution < -0.4 is 10.6 Å². The molecule has 6 nitrogen and oxygen atoms in total. The van der Waals surface area contributed by atoms with Crippen molar-refractivity contribution in [1.82, 2.24) is 10.2 Å². The van der Waals surface area contributed by atoms with E-state index in [2.05, 4.69) is 10.6 Å². The molecule has 0 aliphatic carbocycles. The lowest BCUT2D eigenvalue weighted by molar-refractivity contribution is -0.142. The Kier molecular flexibility index (Phi) is 7.32. The topological polar surface area (TPSA) is 78.5 Å². The molecule has 7 heteroatoms. The summed E-state index contributed by atoms with van der Waals surface area (Å²) in [6, 6.07) is 21.2. The third kappa shape index (κ3) is 5.67. The lowest BCUT2D eigenvalue weighted by atomic mass is 10.0. The highest BCUT2D eigenvalue weighted by Gasteiger charge is 2.32. The van der Waals surface area contributed by atoms with Crippen molar-refractivity contribution in [2.45, 2.75) is 31.8 Å². The summed E-state index contributed by atoms with van der Waals surface area (Å²) >= 11 is 0. The molecule has 34 heavy (non-hydrogen) atoms. The Hall–Kier alpha value is -4.00. The van der Waals surface area contributed by atoms with E-state index >= 15 is 0 Å². The first-order valence-corrected chi connectivity index (χ1v) is 11.3. The molecule has 1 aliphatic rings. The van der Waals surface area contributed by atoms with Gasteiger partial charge in [-0.05, 0) is 54.3 Å². The number of hydrogen-bond donors (Lipinski definition) is 2. The second-order valence-corrected chi connectivity index (χ2v) is 8.24. The molecule has 3 amide bonds. The molecule has 1 saturated heterocycles. The molecular weight excluding hydrogens is 433 g/mol. The van der Waals surface area contributed by atoms with Crippen LogP contribution in [0.3, 0.4) is 0 Å². The first kappa shape index (κ1) is 23.2. The van der Waals surface area contributed by atoms with Gasteiger partial charge in [-0.3, -0.25) is 14.4 Å². The van der Waals surface area contributed by atoms with Gasteiger partial charge in [0.2, 0.25) is 11.8 Å². The molecule has 0 aromatic heterocycles. The maximum absolute atomic E-state index is 13.4. The van der Waals surface area contributed by atoms with Gasteiger partial charge in [0.25, 0.3) is 5.91 Å². The van der Waals surface area contributed by atoms with Gasteiger partial charge in [0.1, 0.15) is 11.9 Å². The predicted molar refractivity (Wildman–Crippen MR) is 127 cm³/mol. The summed E-state index contributed by atoms with van der Waals surface area (Å²) in [5, 5.41) is 5.69. The van der Waals surface area contributed by atoms with Gasteiger partial charge < -0.3 is 15.5 Å². The Morgan fingerprint density at radius 2 is 1.74 bits per heavy atom. The summed E-state index contributed by atoms with van der Waals surface area (Å²) in [7, 11) is 0. The van der Waals surface area contributed by atoms with E-state index in [1.165, 1.54) is 24.3 Å². The summed E-state index contributed by atoms with van der Waals surface area (Å²) in [6.07, 6.45) is 2.16. The summed E-state index contributed by atoms with van der Waals surface area (Å²) < 4.78 is 13.4. The largest absolute Gasteiger partial charge is 0.350 e. The Bertz CT molecular complexity index is 1180. The van der Waals surface area contributed by atoms with Crippen molar-refractivity contribution < 1.29 is 18.8 Å². The molecule has 1 heterocycles. The molecule has 2 N–H and O–H groups in total. The summed E-state index contributed by atoms with van der Waals surface area (Å²) in [4.78, 5) is 39.9. The van der Waals surface area contributed by atoms with Crippen molar-refractivity contribution in [3.05, 3.63) is 101 Å². The average Bonchev–Trinajstić information content (AvgIpc) is 2.85. The third-order valence-electron chi connectivity index (χ3n) is 5.77. The number of benzene rings is 3. The smallest absolute Gasteiger partial charge is 0.255 e. The highest BCUT2D eigenvalue weighted by molar-refractivity contribution is 6.04. The lowest BCUT2D eigenvalue weighted by Gasteiger charge is -2.34. The van der Waals surface area contributed by atoms with Crippen molar-refractivity contribution in [2.24, 2.45) is 0 Å². The van der Waals surface area contributed by atoms with Gasteiger partial charge >= 0.3 is 0 Å². The second-order valence-electron chi connectivity index (χ2n) is 8.24. The summed E-state index contributed by atoms with van der Waals surface area (Å²) in [5.41, 5.74) is 2.30. The minimum Gasteiger partial charge on any atom is -0.350 e. The molecule has 1 aliphatic heterocycles. The summed E-state index contributed by atoms with van der Waals surface area (Å²) in [6.45, 7) is 0.779. The fourth-order valence-electron chi connectivity index (χ4n) is 4.09. The first-order valence-electron chi connectivity index (χ1n) is 11.3. The van der Waals surface area contributed by atoms with Crippen LogP contribution in [-0.2, 0) is 16.1 Å². The van der Waals surface area contributed by atoms with Crippen LogP contribution in [0.25, 0.3) is 0 Å². The van der Waals surface area contributed by atoms with Crippen molar-refractivity contribution in [1.29, 1.82) is 0 Å². The highest BCUT2D eigenvalue weighted by atomic mass is 19.1. The molecular formula is C27H26FN3O3. The SMILES string of the molecule is O=C(Nc1cccc(CNC(=O)C(c2ccccc2)N2CCCCC2=O)c1)c1cccc(F)c1. The number of rotatable bonds is 7. The monoisotopic (exact) mass is 459 g/mol. The third-order valence-corrected chi connectivity index (χ3v) is 5.77. The van der Waals surface area contributed by atoms with Crippen LogP contribution in [0, 0.1) is 5.82 Å². The fourth-order valence-corrected chi connectivity index (χ4v) is 4.09. The Balaban J connectivity index is 1.45. The molecule has 1 unspecified atom stereocenters. The number of piperidine rings is 1. The quantitative estimate of drug-likeness (QED) is 0.548. The van der Waals surface area contributed by atoms with Crippen LogP contribution >= 0.6 is 0 Å². The van der Waals surface area contributed by atoms with E-state index < -0.39 is 17.8 Å². The highest BCUT2D eigenvalue weighted by Crippen LogP contribution is 2.26. The first-order chi connectivity index (χ1) is 16.5. The zero-order chi connectivity index (χ0) is 23.9. The van der Waals surface area contributed by atoms with Crippen molar-refractivity contribution in [3.63, 3.8) is 0 Å². The number of hydrogen-bond acceptors (Lipinski definition) is 3. The number of likely N-dealkylation sites (tertiary alicyclic amines) is 1. The number of halogens is 1. The van der Waals surface area contributed by atoms with E-state index in [0.717, 1.165) is 24.0 Å². The molecule has 1 fully saturated rings.